The maximum Gasteiger partial charge on any atom is 0.306 e. The Hall–Kier alpha value is -4.14. The number of aromatic nitrogens is 2. The number of fused-ring (bicyclic) bond motifs is 1. The van der Waals surface area contributed by atoms with Crippen molar-refractivity contribution in [2.75, 3.05) is 11.9 Å². The van der Waals surface area contributed by atoms with Crippen molar-refractivity contribution in [3.8, 4) is 11.1 Å². The molecule has 6 nitrogen and oxygen atoms in total. The lowest BCUT2D eigenvalue weighted by molar-refractivity contribution is -0.144. The lowest BCUT2D eigenvalue weighted by atomic mass is 9.77. The second kappa shape index (κ2) is 11.3. The van der Waals surface area contributed by atoms with Crippen LogP contribution in [0.4, 0.5) is 18.9 Å². The third-order valence-corrected chi connectivity index (χ3v) is 7.25. The lowest BCUT2D eigenvalue weighted by Crippen LogP contribution is -2.17. The molecule has 1 saturated carbocycles. The average Bonchev–Trinajstić information content (AvgIpc) is 3.36. The first-order valence-corrected chi connectivity index (χ1v) is 13.0. The third-order valence-electron chi connectivity index (χ3n) is 7.25. The van der Waals surface area contributed by atoms with Gasteiger partial charge >= 0.3 is 5.97 Å². The van der Waals surface area contributed by atoms with E-state index in [2.05, 4.69) is 34.6 Å². The summed E-state index contributed by atoms with van der Waals surface area (Å²) in [6, 6.07) is 13.5. The highest BCUT2D eigenvalue weighted by Crippen LogP contribution is 2.37. The number of benzene rings is 2. The van der Waals surface area contributed by atoms with Crippen molar-refractivity contribution in [2.24, 2.45) is 5.92 Å². The molecule has 0 spiro atoms. The van der Waals surface area contributed by atoms with Gasteiger partial charge in [-0.15, -0.1) is 0 Å². The van der Waals surface area contributed by atoms with Crippen molar-refractivity contribution in [3.63, 3.8) is 0 Å². The van der Waals surface area contributed by atoms with Crippen molar-refractivity contribution in [1.29, 1.82) is 0 Å². The van der Waals surface area contributed by atoms with Crippen LogP contribution in [0.25, 0.3) is 16.8 Å². The summed E-state index contributed by atoms with van der Waals surface area (Å²) in [4.78, 5) is 28.6. The Labute approximate surface area is 223 Å². The number of anilines is 1. The molecule has 1 fully saturated rings. The molecule has 9 heteroatoms. The summed E-state index contributed by atoms with van der Waals surface area (Å²) in [5.41, 5.74) is 3.59. The monoisotopic (exact) mass is 535 g/mol. The Kier molecular flexibility index (Phi) is 7.67. The summed E-state index contributed by atoms with van der Waals surface area (Å²) in [5, 5.41) is 2.34. The Morgan fingerprint density at radius 1 is 0.949 bits per heavy atom. The molecule has 2 aromatic carbocycles. The molecule has 1 aliphatic rings. The molecule has 39 heavy (non-hydrogen) atoms. The van der Waals surface area contributed by atoms with Gasteiger partial charge in [-0.1, -0.05) is 24.3 Å². The third kappa shape index (κ3) is 5.97. The van der Waals surface area contributed by atoms with E-state index >= 15 is 0 Å². The number of rotatable bonds is 7. The van der Waals surface area contributed by atoms with E-state index in [0.717, 1.165) is 36.8 Å². The summed E-state index contributed by atoms with van der Waals surface area (Å²) in [7, 11) is 0. The van der Waals surface area contributed by atoms with Gasteiger partial charge in [-0.3, -0.25) is 9.59 Å². The van der Waals surface area contributed by atoms with Crippen molar-refractivity contribution >= 4 is 23.2 Å². The van der Waals surface area contributed by atoms with E-state index in [4.69, 9.17) is 4.74 Å². The Bertz CT molecular complexity index is 1490. The summed E-state index contributed by atoms with van der Waals surface area (Å²) >= 11 is 0. The molecule has 1 aliphatic carbocycles. The maximum absolute atomic E-state index is 13.5. The molecule has 0 unspecified atom stereocenters. The van der Waals surface area contributed by atoms with Gasteiger partial charge in [0.1, 0.15) is 11.3 Å². The van der Waals surface area contributed by atoms with E-state index < -0.39 is 23.4 Å². The molecule has 2 aromatic heterocycles. The molecule has 202 valence electrons. The highest BCUT2D eigenvalue weighted by molar-refractivity contribution is 6.03. The molecule has 4 aromatic rings. The van der Waals surface area contributed by atoms with Crippen LogP contribution in [0.1, 0.15) is 61.0 Å². The van der Waals surface area contributed by atoms with Gasteiger partial charge in [0.15, 0.2) is 17.5 Å². The zero-order chi connectivity index (χ0) is 27.5. The minimum atomic E-state index is -1.60. The van der Waals surface area contributed by atoms with E-state index in [9.17, 15) is 22.8 Å². The molecule has 0 bridgehead atoms. The number of amides is 1. The number of hydrogen-bond donors (Lipinski definition) is 1. The van der Waals surface area contributed by atoms with E-state index in [1.165, 1.54) is 11.8 Å². The van der Waals surface area contributed by atoms with Crippen LogP contribution >= 0.6 is 0 Å². The molecule has 0 aliphatic heterocycles. The van der Waals surface area contributed by atoms with Gasteiger partial charge in [0, 0.05) is 36.6 Å². The van der Waals surface area contributed by atoms with Gasteiger partial charge in [0.2, 0.25) is 0 Å². The van der Waals surface area contributed by atoms with E-state index in [1.807, 2.05) is 19.2 Å². The normalized spacial score (nSPS) is 17.2. The SMILES string of the molecule is CCOC(=O)C[C@H]1CC[C@H](c2ccc(-c3ccc4nc(C(=O)Nc5cc(F)c(F)c(F)c5)cn4c3)cc2)CC1. The van der Waals surface area contributed by atoms with E-state index in [-0.39, 0.29) is 17.4 Å². The van der Waals surface area contributed by atoms with Crippen molar-refractivity contribution < 1.29 is 27.5 Å². The van der Waals surface area contributed by atoms with Gasteiger partial charge in [-0.25, -0.2) is 18.2 Å². The van der Waals surface area contributed by atoms with Crippen LogP contribution in [0.2, 0.25) is 0 Å². The second-order valence-electron chi connectivity index (χ2n) is 9.87. The van der Waals surface area contributed by atoms with E-state index in [1.54, 1.807) is 10.5 Å². The second-order valence-corrected chi connectivity index (χ2v) is 9.87. The van der Waals surface area contributed by atoms with Crippen molar-refractivity contribution in [2.45, 2.75) is 44.9 Å². The predicted molar refractivity (Wildman–Crippen MR) is 141 cm³/mol. The number of hydrogen-bond acceptors (Lipinski definition) is 4. The lowest BCUT2D eigenvalue weighted by Gasteiger charge is -2.28. The number of nitrogens with zero attached hydrogens (tertiary/aromatic N) is 2. The van der Waals surface area contributed by atoms with Crippen molar-refractivity contribution in [3.05, 3.63) is 89.6 Å². The summed E-state index contributed by atoms with van der Waals surface area (Å²) in [5.74, 6) is -4.29. The van der Waals surface area contributed by atoms with Crippen LogP contribution < -0.4 is 5.32 Å². The first-order valence-electron chi connectivity index (χ1n) is 13.0. The summed E-state index contributed by atoms with van der Waals surface area (Å²) in [6.45, 7) is 2.25. The maximum atomic E-state index is 13.5. The average molecular weight is 536 g/mol. The number of imidazole rings is 1. The highest BCUT2D eigenvalue weighted by atomic mass is 19.2. The Morgan fingerprint density at radius 3 is 2.28 bits per heavy atom. The zero-order valence-corrected chi connectivity index (χ0v) is 21.4. The number of pyridine rings is 1. The molecular weight excluding hydrogens is 507 g/mol. The predicted octanol–water partition coefficient (Wildman–Crippen LogP) is 6.90. The fourth-order valence-corrected chi connectivity index (χ4v) is 5.20. The number of ether oxygens (including phenoxy) is 1. The summed E-state index contributed by atoms with van der Waals surface area (Å²) < 4.78 is 46.9. The fraction of sp³-hybridized carbons (Fsp3) is 0.300. The van der Waals surface area contributed by atoms with Crippen LogP contribution in [0.5, 0.6) is 0 Å². The molecule has 1 amide bonds. The largest absolute Gasteiger partial charge is 0.466 e. The molecule has 1 N–H and O–H groups in total. The van der Waals surface area contributed by atoms with Crippen LogP contribution in [-0.2, 0) is 9.53 Å². The van der Waals surface area contributed by atoms with Gasteiger partial charge in [0.25, 0.3) is 5.91 Å². The van der Waals surface area contributed by atoms with Gasteiger partial charge in [-0.2, -0.15) is 0 Å². The van der Waals surface area contributed by atoms with E-state index in [0.29, 0.717) is 42.6 Å². The summed E-state index contributed by atoms with van der Waals surface area (Å²) in [6.07, 6.45) is 8.01. The Balaban J connectivity index is 1.24. The number of esters is 1. The van der Waals surface area contributed by atoms with Crippen LogP contribution in [0.3, 0.4) is 0 Å². The first kappa shape index (κ1) is 26.5. The van der Waals surface area contributed by atoms with Gasteiger partial charge in [-0.05, 0) is 73.3 Å². The Morgan fingerprint density at radius 2 is 1.62 bits per heavy atom. The fourth-order valence-electron chi connectivity index (χ4n) is 5.20. The first-order chi connectivity index (χ1) is 18.8. The van der Waals surface area contributed by atoms with Crippen LogP contribution in [0, 0.1) is 23.4 Å². The topological polar surface area (TPSA) is 72.7 Å². The molecule has 2 heterocycles. The van der Waals surface area contributed by atoms with Gasteiger partial charge < -0.3 is 14.5 Å². The standard InChI is InChI=1S/C30H28F3N3O3/c1-2-39-28(37)13-18-3-5-19(6-4-18)20-7-9-21(10-8-20)22-11-12-27-35-26(17-36(27)16-22)30(38)34-23-14-24(31)29(33)25(32)15-23/h7-12,14-19H,2-6,13H2,1H3,(H,34,38)/t18-,19-. The zero-order valence-electron chi connectivity index (χ0n) is 21.4. The quantitative estimate of drug-likeness (QED) is 0.206. The molecule has 5 rings (SSSR count). The minimum absolute atomic E-state index is 0.0474. The van der Waals surface area contributed by atoms with Crippen molar-refractivity contribution in [1.82, 2.24) is 9.38 Å². The van der Waals surface area contributed by atoms with Gasteiger partial charge in [0.05, 0.1) is 6.61 Å². The smallest absolute Gasteiger partial charge is 0.306 e. The van der Waals surface area contributed by atoms with Crippen LogP contribution in [0.15, 0.2) is 60.9 Å². The van der Waals surface area contributed by atoms with Crippen LogP contribution in [-0.4, -0.2) is 27.9 Å². The molecule has 0 saturated heterocycles. The highest BCUT2D eigenvalue weighted by Gasteiger charge is 2.24. The number of halogens is 3. The molecule has 0 radical (unpaired) electrons. The number of nitrogens with one attached hydrogen (secondary N) is 1. The number of carbonyl (C=O) groups is 2. The molecule has 0 atom stereocenters. The minimum Gasteiger partial charge on any atom is -0.466 e. The molecular formula is C30H28F3N3O3. The number of carbonyl (C=O) groups excluding carboxylic acids is 2.